The summed E-state index contributed by atoms with van der Waals surface area (Å²) in [5.74, 6) is 0.731. The number of amides is 1. The van der Waals surface area contributed by atoms with Gasteiger partial charge in [0.2, 0.25) is 0 Å². The summed E-state index contributed by atoms with van der Waals surface area (Å²) in [6, 6.07) is 0.401. The fourth-order valence-corrected chi connectivity index (χ4v) is 2.73. The Hall–Kier alpha value is -0.810. The Morgan fingerprint density at radius 2 is 2.10 bits per heavy atom. The van der Waals surface area contributed by atoms with Crippen LogP contribution in [0.15, 0.2) is 0 Å². The lowest BCUT2D eigenvalue weighted by atomic mass is 10.00. The number of hydrogen-bond acceptors (Lipinski definition) is 4. The van der Waals surface area contributed by atoms with Crippen molar-refractivity contribution in [3.63, 3.8) is 0 Å². The molecule has 0 spiro atoms. The van der Waals surface area contributed by atoms with Gasteiger partial charge in [-0.25, -0.2) is 4.79 Å². The molecular weight excluding hydrogens is 266 g/mol. The van der Waals surface area contributed by atoms with Gasteiger partial charge in [-0.1, -0.05) is 0 Å². The Balaban J connectivity index is 1.67. The number of rotatable bonds is 6. The van der Waals surface area contributed by atoms with Gasteiger partial charge in [-0.3, -0.25) is 0 Å². The molecule has 0 aromatic heterocycles. The van der Waals surface area contributed by atoms with Crippen LogP contribution >= 0.6 is 0 Å². The van der Waals surface area contributed by atoms with Gasteiger partial charge in [0.15, 0.2) is 0 Å². The van der Waals surface area contributed by atoms with Crippen LogP contribution in [0.1, 0.15) is 46.5 Å². The number of carbonyl (C=O) groups is 1. The second-order valence-corrected chi connectivity index (χ2v) is 7.32. The second-order valence-electron chi connectivity index (χ2n) is 7.32. The van der Waals surface area contributed by atoms with Gasteiger partial charge >= 0.3 is 6.09 Å². The molecule has 1 unspecified atom stereocenters. The number of ether oxygens (including phenoxy) is 1. The van der Waals surface area contributed by atoms with Gasteiger partial charge in [0.25, 0.3) is 0 Å². The quantitative estimate of drug-likeness (QED) is 0.736. The molecule has 1 heterocycles. The maximum absolute atomic E-state index is 12.2. The SMILES string of the molecule is CC(C)(C)OC(=O)N(CCNCC1CCCNC1)C1CC1. The molecule has 5 nitrogen and oxygen atoms in total. The summed E-state index contributed by atoms with van der Waals surface area (Å²) in [7, 11) is 0. The Morgan fingerprint density at radius 1 is 1.33 bits per heavy atom. The summed E-state index contributed by atoms with van der Waals surface area (Å²) in [4.78, 5) is 14.1. The molecule has 0 aromatic rings. The van der Waals surface area contributed by atoms with E-state index in [-0.39, 0.29) is 6.09 Å². The Morgan fingerprint density at radius 3 is 2.67 bits per heavy atom. The highest BCUT2D eigenvalue weighted by Crippen LogP contribution is 2.28. The van der Waals surface area contributed by atoms with E-state index < -0.39 is 5.60 Å². The number of nitrogens with zero attached hydrogens (tertiary/aromatic N) is 1. The molecular formula is C16H31N3O2. The summed E-state index contributed by atoms with van der Waals surface area (Å²) in [5.41, 5.74) is -0.411. The van der Waals surface area contributed by atoms with Gasteiger partial charge in [-0.05, 0) is 72.0 Å². The van der Waals surface area contributed by atoms with E-state index in [2.05, 4.69) is 10.6 Å². The molecule has 2 N–H and O–H groups in total. The van der Waals surface area contributed by atoms with E-state index in [0.29, 0.717) is 6.04 Å². The van der Waals surface area contributed by atoms with Crippen LogP contribution in [0.2, 0.25) is 0 Å². The van der Waals surface area contributed by atoms with Crippen molar-refractivity contribution in [3.8, 4) is 0 Å². The van der Waals surface area contributed by atoms with Crippen molar-refractivity contribution >= 4 is 6.09 Å². The zero-order valence-corrected chi connectivity index (χ0v) is 13.8. The van der Waals surface area contributed by atoms with E-state index in [1.54, 1.807) is 0 Å². The van der Waals surface area contributed by atoms with Crippen molar-refractivity contribution in [1.82, 2.24) is 15.5 Å². The Bertz CT molecular complexity index is 331. The highest BCUT2D eigenvalue weighted by molar-refractivity contribution is 5.69. The van der Waals surface area contributed by atoms with Crippen molar-refractivity contribution in [2.24, 2.45) is 5.92 Å². The molecule has 0 bridgehead atoms. The lowest BCUT2D eigenvalue weighted by molar-refractivity contribution is 0.0235. The van der Waals surface area contributed by atoms with Gasteiger partial charge in [0.1, 0.15) is 5.60 Å². The van der Waals surface area contributed by atoms with Crippen molar-refractivity contribution < 1.29 is 9.53 Å². The molecule has 1 aliphatic heterocycles. The molecule has 1 aliphatic carbocycles. The van der Waals surface area contributed by atoms with E-state index in [1.807, 2.05) is 25.7 Å². The van der Waals surface area contributed by atoms with E-state index >= 15 is 0 Å². The van der Waals surface area contributed by atoms with Gasteiger partial charge in [0, 0.05) is 19.1 Å². The topological polar surface area (TPSA) is 53.6 Å². The van der Waals surface area contributed by atoms with Crippen LogP contribution < -0.4 is 10.6 Å². The average molecular weight is 297 g/mol. The minimum Gasteiger partial charge on any atom is -0.444 e. The smallest absolute Gasteiger partial charge is 0.410 e. The number of hydrogen-bond donors (Lipinski definition) is 2. The molecule has 21 heavy (non-hydrogen) atoms. The van der Waals surface area contributed by atoms with Crippen LogP contribution in [0.25, 0.3) is 0 Å². The highest BCUT2D eigenvalue weighted by atomic mass is 16.6. The maximum Gasteiger partial charge on any atom is 0.410 e. The molecule has 1 saturated heterocycles. The third-order valence-corrected chi connectivity index (χ3v) is 3.98. The first kappa shape index (κ1) is 16.6. The molecule has 2 fully saturated rings. The third kappa shape index (κ3) is 6.22. The minimum atomic E-state index is -0.411. The van der Waals surface area contributed by atoms with E-state index in [4.69, 9.17) is 4.74 Å². The van der Waals surface area contributed by atoms with Gasteiger partial charge < -0.3 is 20.3 Å². The molecule has 1 atom stereocenters. The molecule has 122 valence electrons. The first-order chi connectivity index (χ1) is 9.96. The monoisotopic (exact) mass is 297 g/mol. The first-order valence-electron chi connectivity index (χ1n) is 8.37. The van der Waals surface area contributed by atoms with Crippen LogP contribution in [-0.2, 0) is 4.74 Å². The Labute approximate surface area is 128 Å². The van der Waals surface area contributed by atoms with Crippen LogP contribution in [-0.4, -0.2) is 55.4 Å². The van der Waals surface area contributed by atoms with Crippen molar-refractivity contribution in [3.05, 3.63) is 0 Å². The predicted molar refractivity (Wildman–Crippen MR) is 84.4 cm³/mol. The fourth-order valence-electron chi connectivity index (χ4n) is 2.73. The van der Waals surface area contributed by atoms with E-state index in [0.717, 1.165) is 51.5 Å². The average Bonchev–Trinajstić information content (AvgIpc) is 3.22. The fraction of sp³-hybridized carbons (Fsp3) is 0.938. The summed E-state index contributed by atoms with van der Waals surface area (Å²) in [6.45, 7) is 10.7. The normalized spacial score (nSPS) is 22.9. The highest BCUT2D eigenvalue weighted by Gasteiger charge is 2.34. The number of nitrogens with one attached hydrogen (secondary N) is 2. The van der Waals surface area contributed by atoms with Crippen LogP contribution in [0, 0.1) is 5.92 Å². The molecule has 5 heteroatoms. The van der Waals surface area contributed by atoms with Crippen LogP contribution in [0.3, 0.4) is 0 Å². The molecule has 0 radical (unpaired) electrons. The summed E-state index contributed by atoms with van der Waals surface area (Å²) in [5, 5.41) is 6.93. The minimum absolute atomic E-state index is 0.161. The zero-order valence-electron chi connectivity index (χ0n) is 13.8. The molecule has 2 rings (SSSR count). The Kier molecular flexibility index (Phi) is 5.88. The van der Waals surface area contributed by atoms with Gasteiger partial charge in [0.05, 0.1) is 0 Å². The molecule has 1 saturated carbocycles. The maximum atomic E-state index is 12.2. The second kappa shape index (κ2) is 7.45. The van der Waals surface area contributed by atoms with E-state index in [9.17, 15) is 4.79 Å². The lowest BCUT2D eigenvalue weighted by Gasteiger charge is -2.28. The van der Waals surface area contributed by atoms with Gasteiger partial charge in [-0.15, -0.1) is 0 Å². The number of carbonyl (C=O) groups excluding carboxylic acids is 1. The van der Waals surface area contributed by atoms with Crippen LogP contribution in [0.4, 0.5) is 4.79 Å². The zero-order chi connectivity index (χ0) is 15.3. The molecule has 0 aromatic carbocycles. The lowest BCUT2D eigenvalue weighted by Crippen LogP contribution is -2.43. The summed E-state index contributed by atoms with van der Waals surface area (Å²) in [6.07, 6.45) is 4.65. The molecule has 2 aliphatic rings. The molecule has 1 amide bonds. The van der Waals surface area contributed by atoms with Crippen LogP contribution in [0.5, 0.6) is 0 Å². The van der Waals surface area contributed by atoms with Crippen molar-refractivity contribution in [1.29, 1.82) is 0 Å². The van der Waals surface area contributed by atoms with E-state index in [1.165, 1.54) is 12.8 Å². The van der Waals surface area contributed by atoms with Gasteiger partial charge in [-0.2, -0.15) is 0 Å². The third-order valence-electron chi connectivity index (χ3n) is 3.98. The summed E-state index contributed by atoms with van der Waals surface area (Å²) < 4.78 is 5.50. The predicted octanol–water partition coefficient (Wildman–Crippen LogP) is 1.98. The standard InChI is InChI=1S/C16H31N3O2/c1-16(2,3)21-15(20)19(14-6-7-14)10-9-18-12-13-5-4-8-17-11-13/h13-14,17-18H,4-12H2,1-3H3. The first-order valence-corrected chi connectivity index (χ1v) is 8.37. The number of piperidine rings is 1. The summed E-state index contributed by atoms with van der Waals surface area (Å²) >= 11 is 0. The van der Waals surface area contributed by atoms with Crippen molar-refractivity contribution in [2.45, 2.75) is 58.1 Å². The van der Waals surface area contributed by atoms with Crippen molar-refractivity contribution in [2.75, 3.05) is 32.7 Å². The largest absolute Gasteiger partial charge is 0.444 e.